The van der Waals surface area contributed by atoms with Crippen LogP contribution in [0.1, 0.15) is 84.0 Å². The first-order valence-electron chi connectivity index (χ1n) is 7.56. The van der Waals surface area contributed by atoms with Crippen LogP contribution >= 0.6 is 12.4 Å². The molecule has 106 valence electrons. The number of nitrogens with one attached hydrogen (secondary N) is 1. The van der Waals surface area contributed by atoms with Crippen LogP contribution in [0.25, 0.3) is 0 Å². The zero-order valence-electron chi connectivity index (χ0n) is 12.1. The van der Waals surface area contributed by atoms with E-state index < -0.39 is 0 Å². The second kappa shape index (κ2) is 18.6. The largest absolute Gasteiger partial charge is 0.320 e. The maximum absolute atomic E-state index is 3.20. The van der Waals surface area contributed by atoms with Crippen LogP contribution in [0.15, 0.2) is 0 Å². The number of rotatable bonds is 13. The van der Waals surface area contributed by atoms with E-state index in [0.29, 0.717) is 0 Å². The van der Waals surface area contributed by atoms with Gasteiger partial charge in [0.25, 0.3) is 0 Å². The molecule has 0 bridgehead atoms. The quantitative estimate of drug-likeness (QED) is 0.443. The van der Waals surface area contributed by atoms with Gasteiger partial charge in [0.15, 0.2) is 0 Å². The minimum atomic E-state index is 0. The van der Waals surface area contributed by atoms with Crippen LogP contribution < -0.4 is 5.32 Å². The highest BCUT2D eigenvalue weighted by atomic mass is 35.5. The monoisotopic (exact) mass is 263 g/mol. The van der Waals surface area contributed by atoms with Gasteiger partial charge < -0.3 is 5.32 Å². The Morgan fingerprint density at radius 1 is 0.588 bits per heavy atom. The molecule has 0 heterocycles. The Labute approximate surface area is 116 Å². The van der Waals surface area contributed by atoms with Crippen molar-refractivity contribution in [2.75, 3.05) is 13.6 Å². The molecule has 0 aromatic rings. The smallest absolute Gasteiger partial charge is 0.00519 e. The van der Waals surface area contributed by atoms with Crippen LogP contribution in [-0.4, -0.2) is 13.6 Å². The van der Waals surface area contributed by atoms with Crippen molar-refractivity contribution in [2.24, 2.45) is 0 Å². The molecular weight excluding hydrogens is 230 g/mol. The fourth-order valence-electron chi connectivity index (χ4n) is 2.14. The standard InChI is InChI=1S/C15H33N.ClH/c1-3-4-5-6-7-8-9-10-11-12-13-14-15-16-2;/h16H,3-15H2,1-2H3;1H. The van der Waals surface area contributed by atoms with E-state index in [1.54, 1.807) is 0 Å². The number of unbranched alkanes of at least 4 members (excludes halogenated alkanes) is 11. The molecule has 0 rings (SSSR count). The fourth-order valence-corrected chi connectivity index (χ4v) is 2.14. The summed E-state index contributed by atoms with van der Waals surface area (Å²) in [7, 11) is 2.04. The molecule has 0 aliphatic rings. The van der Waals surface area contributed by atoms with E-state index in [1.165, 1.54) is 83.6 Å². The third-order valence-corrected chi connectivity index (χ3v) is 3.28. The molecule has 0 aliphatic carbocycles. The van der Waals surface area contributed by atoms with Gasteiger partial charge in [-0.2, -0.15) is 0 Å². The topological polar surface area (TPSA) is 12.0 Å². The summed E-state index contributed by atoms with van der Waals surface area (Å²) in [6.45, 7) is 3.48. The fraction of sp³-hybridized carbons (Fsp3) is 1.00. The summed E-state index contributed by atoms with van der Waals surface area (Å²) in [6, 6.07) is 0. The molecule has 0 fully saturated rings. The highest BCUT2D eigenvalue weighted by Gasteiger charge is 1.92. The van der Waals surface area contributed by atoms with Gasteiger partial charge in [-0.3, -0.25) is 0 Å². The third kappa shape index (κ3) is 18.8. The lowest BCUT2D eigenvalue weighted by atomic mass is 10.1. The van der Waals surface area contributed by atoms with Gasteiger partial charge >= 0.3 is 0 Å². The van der Waals surface area contributed by atoms with Gasteiger partial charge in [-0.25, -0.2) is 0 Å². The summed E-state index contributed by atoms with van der Waals surface area (Å²) in [6.07, 6.45) is 17.3. The van der Waals surface area contributed by atoms with E-state index in [2.05, 4.69) is 12.2 Å². The molecule has 0 amide bonds. The zero-order valence-corrected chi connectivity index (χ0v) is 12.9. The number of hydrogen-bond acceptors (Lipinski definition) is 1. The van der Waals surface area contributed by atoms with E-state index in [4.69, 9.17) is 0 Å². The van der Waals surface area contributed by atoms with Crippen molar-refractivity contribution < 1.29 is 0 Å². The van der Waals surface area contributed by atoms with Crippen LogP contribution in [0, 0.1) is 0 Å². The van der Waals surface area contributed by atoms with E-state index in [0.717, 1.165) is 0 Å². The molecule has 0 spiro atoms. The Balaban J connectivity index is 0. The van der Waals surface area contributed by atoms with E-state index in [1.807, 2.05) is 7.05 Å². The summed E-state index contributed by atoms with van der Waals surface area (Å²) in [5.74, 6) is 0. The first-order valence-corrected chi connectivity index (χ1v) is 7.56. The van der Waals surface area contributed by atoms with Gasteiger partial charge in [-0.15, -0.1) is 12.4 Å². The Morgan fingerprint density at radius 2 is 0.941 bits per heavy atom. The average Bonchev–Trinajstić information content (AvgIpc) is 2.31. The second-order valence-electron chi connectivity index (χ2n) is 4.99. The van der Waals surface area contributed by atoms with Crippen LogP contribution in [-0.2, 0) is 0 Å². The van der Waals surface area contributed by atoms with Gasteiger partial charge in [0.05, 0.1) is 0 Å². The van der Waals surface area contributed by atoms with E-state index in [9.17, 15) is 0 Å². The minimum absolute atomic E-state index is 0. The minimum Gasteiger partial charge on any atom is -0.320 e. The predicted molar refractivity (Wildman–Crippen MR) is 82.3 cm³/mol. The predicted octanol–water partition coefficient (Wildman–Crippen LogP) is 5.33. The van der Waals surface area contributed by atoms with Crippen LogP contribution in [0.5, 0.6) is 0 Å². The van der Waals surface area contributed by atoms with E-state index in [-0.39, 0.29) is 12.4 Å². The summed E-state index contributed by atoms with van der Waals surface area (Å²) in [5, 5.41) is 3.20. The molecule has 1 nitrogen and oxygen atoms in total. The normalized spacial score (nSPS) is 10.2. The van der Waals surface area contributed by atoms with Gasteiger partial charge in [0.1, 0.15) is 0 Å². The Kier molecular flexibility index (Phi) is 21.4. The van der Waals surface area contributed by atoms with Crippen LogP contribution in [0.4, 0.5) is 0 Å². The first kappa shape index (κ1) is 19.6. The molecule has 0 atom stereocenters. The Hall–Kier alpha value is 0.250. The number of hydrogen-bond donors (Lipinski definition) is 1. The summed E-state index contributed by atoms with van der Waals surface area (Å²) in [4.78, 5) is 0. The Bertz CT molecular complexity index is 103. The van der Waals surface area contributed by atoms with E-state index >= 15 is 0 Å². The molecule has 1 N–H and O–H groups in total. The van der Waals surface area contributed by atoms with Gasteiger partial charge in [-0.05, 0) is 20.0 Å². The van der Waals surface area contributed by atoms with Crippen molar-refractivity contribution >= 4 is 12.4 Å². The highest BCUT2D eigenvalue weighted by Crippen LogP contribution is 2.11. The molecule has 0 unspecified atom stereocenters. The molecule has 0 aromatic carbocycles. The van der Waals surface area contributed by atoms with Gasteiger partial charge in [0.2, 0.25) is 0 Å². The SMILES string of the molecule is CCCCCCCCCCCCCCNC.Cl. The first-order chi connectivity index (χ1) is 7.91. The molecule has 2 heteroatoms. The van der Waals surface area contributed by atoms with Crippen LogP contribution in [0.3, 0.4) is 0 Å². The summed E-state index contributed by atoms with van der Waals surface area (Å²) < 4.78 is 0. The maximum Gasteiger partial charge on any atom is -0.00519 e. The van der Waals surface area contributed by atoms with Crippen molar-refractivity contribution in [2.45, 2.75) is 84.0 Å². The van der Waals surface area contributed by atoms with Crippen molar-refractivity contribution in [1.29, 1.82) is 0 Å². The average molecular weight is 264 g/mol. The third-order valence-electron chi connectivity index (χ3n) is 3.28. The Morgan fingerprint density at radius 3 is 1.29 bits per heavy atom. The van der Waals surface area contributed by atoms with Gasteiger partial charge in [0, 0.05) is 0 Å². The lowest BCUT2D eigenvalue weighted by Gasteiger charge is -2.02. The van der Waals surface area contributed by atoms with Crippen molar-refractivity contribution in [3.05, 3.63) is 0 Å². The molecule has 0 saturated carbocycles. The van der Waals surface area contributed by atoms with Crippen LogP contribution in [0.2, 0.25) is 0 Å². The molecule has 0 aromatic heterocycles. The summed E-state index contributed by atoms with van der Waals surface area (Å²) >= 11 is 0. The lowest BCUT2D eigenvalue weighted by molar-refractivity contribution is 0.541. The zero-order chi connectivity index (χ0) is 11.9. The van der Waals surface area contributed by atoms with Crippen molar-refractivity contribution in [3.8, 4) is 0 Å². The molecule has 0 radical (unpaired) electrons. The molecular formula is C15H34ClN. The maximum atomic E-state index is 3.20. The second-order valence-corrected chi connectivity index (χ2v) is 4.99. The summed E-state index contributed by atoms with van der Waals surface area (Å²) in [5.41, 5.74) is 0. The highest BCUT2D eigenvalue weighted by molar-refractivity contribution is 5.85. The van der Waals surface area contributed by atoms with Crippen molar-refractivity contribution in [3.63, 3.8) is 0 Å². The lowest BCUT2D eigenvalue weighted by Crippen LogP contribution is -2.06. The van der Waals surface area contributed by atoms with Gasteiger partial charge in [-0.1, -0.05) is 77.6 Å². The number of halogens is 1. The molecule has 17 heavy (non-hydrogen) atoms. The molecule has 0 saturated heterocycles. The molecule has 0 aliphatic heterocycles. The van der Waals surface area contributed by atoms with Crippen molar-refractivity contribution in [1.82, 2.24) is 5.32 Å².